The molecule has 5 nitrogen and oxygen atoms in total. The van der Waals surface area contributed by atoms with Crippen LogP contribution in [0, 0.1) is 5.41 Å². The molecule has 0 spiro atoms. The average molecular weight is 274 g/mol. The van der Waals surface area contributed by atoms with E-state index in [9.17, 15) is 24.6 Å². The van der Waals surface area contributed by atoms with E-state index < -0.39 is 35.1 Å². The lowest BCUT2D eigenvalue weighted by atomic mass is 9.72. The summed E-state index contributed by atoms with van der Waals surface area (Å²) in [5.74, 6) is -3.82. The maximum absolute atomic E-state index is 11.5. The van der Waals surface area contributed by atoms with Crippen LogP contribution in [0.15, 0.2) is 42.5 Å². The Balaban J connectivity index is 3.30. The molecular formula is C15H14O5-2. The first-order chi connectivity index (χ1) is 9.29. The third-order valence-corrected chi connectivity index (χ3v) is 3.11. The first-order valence-corrected chi connectivity index (χ1v) is 5.95. The van der Waals surface area contributed by atoms with E-state index in [1.54, 1.807) is 30.3 Å². The largest absolute Gasteiger partial charge is 0.549 e. The Morgan fingerprint density at radius 3 is 2.10 bits per heavy atom. The van der Waals surface area contributed by atoms with Crippen molar-refractivity contribution in [1.29, 1.82) is 0 Å². The van der Waals surface area contributed by atoms with E-state index in [0.29, 0.717) is 5.56 Å². The van der Waals surface area contributed by atoms with Gasteiger partial charge in [-0.1, -0.05) is 36.9 Å². The molecule has 0 fully saturated rings. The van der Waals surface area contributed by atoms with Gasteiger partial charge in [0.1, 0.15) is 5.78 Å². The Morgan fingerprint density at radius 2 is 1.70 bits per heavy atom. The van der Waals surface area contributed by atoms with Gasteiger partial charge < -0.3 is 19.8 Å². The van der Waals surface area contributed by atoms with Crippen molar-refractivity contribution in [2.75, 3.05) is 0 Å². The molecule has 0 saturated heterocycles. The van der Waals surface area contributed by atoms with Gasteiger partial charge in [-0.2, -0.15) is 0 Å². The maximum Gasteiger partial charge on any atom is 0.131 e. The highest BCUT2D eigenvalue weighted by atomic mass is 16.4. The molecule has 0 saturated carbocycles. The highest BCUT2D eigenvalue weighted by Crippen LogP contribution is 2.34. The quantitative estimate of drug-likeness (QED) is 0.609. The van der Waals surface area contributed by atoms with Gasteiger partial charge in [0.2, 0.25) is 0 Å². The fourth-order valence-electron chi connectivity index (χ4n) is 2.11. The first-order valence-electron chi connectivity index (χ1n) is 5.95. The van der Waals surface area contributed by atoms with Gasteiger partial charge in [0.15, 0.2) is 0 Å². The number of carbonyl (C=O) groups excluding carboxylic acids is 3. The molecule has 0 amide bonds. The Hall–Kier alpha value is -2.43. The van der Waals surface area contributed by atoms with Gasteiger partial charge >= 0.3 is 0 Å². The van der Waals surface area contributed by atoms with Crippen molar-refractivity contribution in [3.05, 3.63) is 48.0 Å². The van der Waals surface area contributed by atoms with E-state index in [4.69, 9.17) is 0 Å². The number of carboxylic acid groups (broad SMARTS) is 2. The molecule has 0 bridgehead atoms. The van der Waals surface area contributed by atoms with Crippen molar-refractivity contribution in [2.24, 2.45) is 5.41 Å². The van der Waals surface area contributed by atoms with Crippen LogP contribution in [0.2, 0.25) is 0 Å². The van der Waals surface area contributed by atoms with E-state index in [1.165, 1.54) is 6.92 Å². The molecule has 1 rings (SSSR count). The Kier molecular flexibility index (Phi) is 4.80. The summed E-state index contributed by atoms with van der Waals surface area (Å²) in [4.78, 5) is 33.8. The molecule has 5 heteroatoms. The first kappa shape index (κ1) is 15.6. The summed E-state index contributed by atoms with van der Waals surface area (Å²) in [6.07, 6.45) is -0.695. The van der Waals surface area contributed by atoms with Crippen LogP contribution in [0.5, 0.6) is 0 Å². The van der Waals surface area contributed by atoms with Crippen LogP contribution < -0.4 is 10.2 Å². The molecule has 0 radical (unpaired) electrons. The summed E-state index contributed by atoms with van der Waals surface area (Å²) in [5, 5.41) is 22.5. The normalized spacial score (nSPS) is 13.2. The number of aliphatic carboxylic acids is 2. The zero-order valence-corrected chi connectivity index (χ0v) is 11.0. The molecule has 1 aromatic rings. The Morgan fingerprint density at radius 1 is 1.15 bits per heavy atom. The lowest BCUT2D eigenvalue weighted by molar-refractivity contribution is -0.322. The fraction of sp³-hybridized carbons (Fsp3) is 0.267. The molecule has 1 atom stereocenters. The molecule has 0 aromatic heterocycles. The summed E-state index contributed by atoms with van der Waals surface area (Å²) in [7, 11) is 0. The summed E-state index contributed by atoms with van der Waals surface area (Å²) < 4.78 is 0. The molecule has 1 unspecified atom stereocenters. The van der Waals surface area contributed by atoms with Crippen LogP contribution in [0.3, 0.4) is 0 Å². The minimum atomic E-state index is -1.99. The lowest BCUT2D eigenvalue weighted by Gasteiger charge is -2.36. The number of hydrogen-bond donors (Lipinski definition) is 0. The number of hydrogen-bond acceptors (Lipinski definition) is 5. The van der Waals surface area contributed by atoms with Crippen molar-refractivity contribution in [2.45, 2.75) is 19.8 Å². The standard InChI is InChI=1S/C15H16O5/c1-10(16)8-15(14(19)20,11(2)13(17)18)9-12-6-4-3-5-7-12/h3-7H,2,8-9H2,1H3,(H,17,18)(H,19,20)/p-2. The molecule has 0 heterocycles. The molecular weight excluding hydrogens is 260 g/mol. The predicted molar refractivity (Wildman–Crippen MR) is 67.0 cm³/mol. The molecule has 0 N–H and O–H groups in total. The molecule has 1 aromatic carbocycles. The minimum Gasteiger partial charge on any atom is -0.549 e. The lowest BCUT2D eigenvalue weighted by Crippen LogP contribution is -2.50. The second-order valence-electron chi connectivity index (χ2n) is 4.68. The van der Waals surface area contributed by atoms with E-state index in [2.05, 4.69) is 6.58 Å². The van der Waals surface area contributed by atoms with Crippen molar-refractivity contribution >= 4 is 17.7 Å². The Bertz CT molecular complexity index is 547. The molecule has 0 aliphatic rings. The van der Waals surface area contributed by atoms with E-state index in [1.807, 2.05) is 0 Å². The smallest absolute Gasteiger partial charge is 0.131 e. The highest BCUT2D eigenvalue weighted by molar-refractivity contribution is 5.97. The zero-order chi connectivity index (χ0) is 15.3. The van der Waals surface area contributed by atoms with Crippen molar-refractivity contribution in [1.82, 2.24) is 0 Å². The Labute approximate surface area is 116 Å². The SMILES string of the molecule is C=C(C(=O)[O-])C(CC(C)=O)(Cc1ccccc1)C(=O)[O-]. The van der Waals surface area contributed by atoms with Crippen LogP contribution in [-0.2, 0) is 20.8 Å². The summed E-state index contributed by atoms with van der Waals surface area (Å²) in [6, 6.07) is 8.39. The second kappa shape index (κ2) is 6.14. The van der Waals surface area contributed by atoms with Crippen LogP contribution in [0.1, 0.15) is 18.9 Å². The van der Waals surface area contributed by atoms with Gasteiger partial charge in [-0.25, -0.2) is 0 Å². The molecule has 20 heavy (non-hydrogen) atoms. The second-order valence-corrected chi connectivity index (χ2v) is 4.68. The zero-order valence-electron chi connectivity index (χ0n) is 11.0. The minimum absolute atomic E-state index is 0.192. The van der Waals surface area contributed by atoms with Crippen molar-refractivity contribution < 1.29 is 24.6 Å². The third-order valence-electron chi connectivity index (χ3n) is 3.11. The number of Topliss-reactive ketones (excluding diaryl/α,β-unsaturated/α-hetero) is 1. The summed E-state index contributed by atoms with van der Waals surface area (Å²) in [5.41, 5.74) is -2.08. The van der Waals surface area contributed by atoms with Gasteiger partial charge in [-0.15, -0.1) is 0 Å². The van der Waals surface area contributed by atoms with Crippen LogP contribution in [0.25, 0.3) is 0 Å². The van der Waals surface area contributed by atoms with Crippen molar-refractivity contribution in [3.8, 4) is 0 Å². The molecule has 0 aliphatic carbocycles. The highest BCUT2D eigenvalue weighted by Gasteiger charge is 2.37. The van der Waals surface area contributed by atoms with Crippen LogP contribution in [-0.4, -0.2) is 17.7 Å². The van der Waals surface area contributed by atoms with Gasteiger partial charge in [-0.05, 0) is 24.5 Å². The van der Waals surface area contributed by atoms with Crippen molar-refractivity contribution in [3.63, 3.8) is 0 Å². The fourth-order valence-corrected chi connectivity index (χ4v) is 2.11. The van der Waals surface area contributed by atoms with Crippen LogP contribution >= 0.6 is 0 Å². The number of carbonyl (C=O) groups is 3. The predicted octanol–water partition coefficient (Wildman–Crippen LogP) is -0.749. The third kappa shape index (κ3) is 3.32. The van der Waals surface area contributed by atoms with Gasteiger partial charge in [-0.3, -0.25) is 4.79 Å². The van der Waals surface area contributed by atoms with Gasteiger partial charge in [0, 0.05) is 11.8 Å². The summed E-state index contributed by atoms with van der Waals surface area (Å²) in [6.45, 7) is 4.45. The van der Waals surface area contributed by atoms with E-state index >= 15 is 0 Å². The number of benzene rings is 1. The summed E-state index contributed by atoms with van der Waals surface area (Å²) >= 11 is 0. The monoisotopic (exact) mass is 274 g/mol. The van der Waals surface area contributed by atoms with Gasteiger partial charge in [0.25, 0.3) is 0 Å². The number of ketones is 1. The van der Waals surface area contributed by atoms with E-state index in [0.717, 1.165) is 0 Å². The van der Waals surface area contributed by atoms with E-state index in [-0.39, 0.29) is 6.42 Å². The molecule has 106 valence electrons. The number of rotatable bonds is 7. The number of carboxylic acids is 2. The van der Waals surface area contributed by atoms with Gasteiger partial charge in [0.05, 0.1) is 11.9 Å². The topological polar surface area (TPSA) is 97.3 Å². The maximum atomic E-state index is 11.5. The average Bonchev–Trinajstić information content (AvgIpc) is 2.37. The molecule has 0 aliphatic heterocycles. The van der Waals surface area contributed by atoms with Crippen LogP contribution in [0.4, 0.5) is 0 Å².